The van der Waals surface area contributed by atoms with Gasteiger partial charge in [0, 0.05) is 0 Å². The van der Waals surface area contributed by atoms with Crippen LogP contribution in [0.3, 0.4) is 0 Å². The van der Waals surface area contributed by atoms with Crippen molar-refractivity contribution in [1.82, 2.24) is 4.72 Å². The number of nitrogens with zero attached hydrogens (tertiary/aromatic N) is 1. The molecule has 7 heteroatoms. The molecule has 1 aromatic rings. The molecule has 0 bridgehead atoms. The molecule has 1 N–H and O–H groups in total. The van der Waals surface area contributed by atoms with Crippen LogP contribution in [-0.4, -0.2) is 14.0 Å². The fraction of sp³-hybridized carbons (Fsp3) is 0.417. The van der Waals surface area contributed by atoms with Gasteiger partial charge in [-0.25, -0.2) is 8.42 Å². The fourth-order valence-electron chi connectivity index (χ4n) is 1.88. The van der Waals surface area contributed by atoms with Crippen molar-refractivity contribution >= 4 is 33.2 Å². The fourth-order valence-corrected chi connectivity index (χ4v) is 4.03. The van der Waals surface area contributed by atoms with Crippen molar-refractivity contribution in [3.05, 3.63) is 28.2 Å². The largest absolute Gasteiger partial charge is 0.243 e. The molecule has 0 unspecified atom stereocenters. The number of benzene rings is 1. The number of sulfonamides is 1. The molecule has 0 amide bonds. The maximum absolute atomic E-state index is 12.3. The summed E-state index contributed by atoms with van der Waals surface area (Å²) in [6.07, 6.45) is 1.69. The van der Waals surface area contributed by atoms with Crippen LogP contribution in [0.5, 0.6) is 0 Å². The minimum atomic E-state index is -3.88. The Labute approximate surface area is 122 Å². The van der Waals surface area contributed by atoms with E-state index in [2.05, 4.69) is 4.72 Å². The molecule has 4 nitrogen and oxygen atoms in total. The second-order valence-corrected chi connectivity index (χ2v) is 7.18. The van der Waals surface area contributed by atoms with E-state index in [4.69, 9.17) is 23.2 Å². The summed E-state index contributed by atoms with van der Waals surface area (Å²) in [7, 11) is -3.88. The van der Waals surface area contributed by atoms with Crippen molar-refractivity contribution in [1.29, 1.82) is 5.26 Å². The van der Waals surface area contributed by atoms with Gasteiger partial charge in [-0.1, -0.05) is 29.3 Å². The van der Waals surface area contributed by atoms with Crippen LogP contribution in [0.15, 0.2) is 23.1 Å². The Kier molecular flexibility index (Phi) is 3.80. The maximum atomic E-state index is 12.3. The van der Waals surface area contributed by atoms with Gasteiger partial charge in [-0.15, -0.1) is 0 Å². The Balaban J connectivity index is 2.38. The summed E-state index contributed by atoms with van der Waals surface area (Å²) in [4.78, 5) is -0.108. The molecule has 1 aliphatic rings. The number of hydrogen-bond acceptors (Lipinski definition) is 3. The molecular formula is C12H12Cl2N2O2S. The predicted molar refractivity (Wildman–Crippen MR) is 73.5 cm³/mol. The summed E-state index contributed by atoms with van der Waals surface area (Å²) in [5.74, 6) is 0.0465. The third kappa shape index (κ3) is 2.87. The number of halogens is 2. The van der Waals surface area contributed by atoms with E-state index in [1.165, 1.54) is 18.2 Å². The molecule has 19 heavy (non-hydrogen) atoms. The standard InChI is InChI=1S/C12H12Cl2N2O2S/c1-12(7-15,8-5-6-8)16-19(17,18)10-4-2-3-9(13)11(10)14/h2-4,8,16H,5-6H2,1H3/t12-/m1/s1. The lowest BCUT2D eigenvalue weighted by atomic mass is 10.0. The lowest BCUT2D eigenvalue weighted by molar-refractivity contribution is 0.458. The molecule has 0 aromatic heterocycles. The normalized spacial score (nSPS) is 18.6. The molecule has 1 saturated carbocycles. The lowest BCUT2D eigenvalue weighted by Crippen LogP contribution is -2.46. The van der Waals surface area contributed by atoms with Crippen molar-refractivity contribution < 1.29 is 8.42 Å². The lowest BCUT2D eigenvalue weighted by Gasteiger charge is -2.23. The van der Waals surface area contributed by atoms with E-state index < -0.39 is 15.6 Å². The molecule has 0 aliphatic heterocycles. The van der Waals surface area contributed by atoms with Crippen molar-refractivity contribution in [3.8, 4) is 6.07 Å². The van der Waals surface area contributed by atoms with E-state index in [1.54, 1.807) is 6.92 Å². The molecule has 0 heterocycles. The number of hydrogen-bond donors (Lipinski definition) is 1. The second-order valence-electron chi connectivity index (χ2n) is 4.75. The minimum absolute atomic E-state index is 0.0345. The first-order valence-corrected chi connectivity index (χ1v) is 7.93. The zero-order valence-corrected chi connectivity index (χ0v) is 12.5. The summed E-state index contributed by atoms with van der Waals surface area (Å²) in [5, 5.41) is 9.32. The van der Waals surface area contributed by atoms with E-state index in [-0.39, 0.29) is 20.9 Å². The molecule has 0 radical (unpaired) electrons. The van der Waals surface area contributed by atoms with Gasteiger partial charge in [0.05, 0.1) is 16.1 Å². The van der Waals surface area contributed by atoms with E-state index in [9.17, 15) is 13.7 Å². The number of rotatable bonds is 4. The third-order valence-electron chi connectivity index (χ3n) is 3.18. The Bertz CT molecular complexity index is 650. The average molecular weight is 319 g/mol. The van der Waals surface area contributed by atoms with Crippen LogP contribution in [0.4, 0.5) is 0 Å². The van der Waals surface area contributed by atoms with Gasteiger partial charge < -0.3 is 0 Å². The smallest absolute Gasteiger partial charge is 0.207 e. The van der Waals surface area contributed by atoms with Gasteiger partial charge in [-0.3, -0.25) is 0 Å². The summed E-state index contributed by atoms with van der Waals surface area (Å²) in [6, 6.07) is 6.41. The van der Waals surface area contributed by atoms with Gasteiger partial charge in [0.2, 0.25) is 10.0 Å². The summed E-state index contributed by atoms with van der Waals surface area (Å²) in [5.41, 5.74) is -1.11. The zero-order chi connectivity index (χ0) is 14.3. The first kappa shape index (κ1) is 14.6. The molecule has 1 aliphatic carbocycles. The molecule has 1 aromatic carbocycles. The zero-order valence-electron chi connectivity index (χ0n) is 10.2. The topological polar surface area (TPSA) is 70.0 Å². The van der Waals surface area contributed by atoms with Crippen molar-refractivity contribution in [2.24, 2.45) is 5.92 Å². The minimum Gasteiger partial charge on any atom is -0.207 e. The van der Waals surface area contributed by atoms with E-state index in [0.29, 0.717) is 0 Å². The second kappa shape index (κ2) is 4.95. The van der Waals surface area contributed by atoms with Crippen molar-refractivity contribution in [3.63, 3.8) is 0 Å². The van der Waals surface area contributed by atoms with Gasteiger partial charge in [0.15, 0.2) is 0 Å². The van der Waals surface area contributed by atoms with E-state index >= 15 is 0 Å². The Morgan fingerprint density at radius 2 is 2.05 bits per heavy atom. The summed E-state index contributed by atoms with van der Waals surface area (Å²) in [6.45, 7) is 1.58. The van der Waals surface area contributed by atoms with Crippen LogP contribution in [0.1, 0.15) is 19.8 Å². The summed E-state index contributed by atoms with van der Waals surface area (Å²) >= 11 is 11.7. The average Bonchev–Trinajstić information content (AvgIpc) is 3.16. The monoisotopic (exact) mass is 318 g/mol. The highest BCUT2D eigenvalue weighted by Crippen LogP contribution is 2.40. The Morgan fingerprint density at radius 3 is 2.58 bits per heavy atom. The maximum Gasteiger partial charge on any atom is 0.243 e. The summed E-state index contributed by atoms with van der Waals surface area (Å²) < 4.78 is 27.0. The highest BCUT2D eigenvalue weighted by Gasteiger charge is 2.45. The van der Waals surface area contributed by atoms with Gasteiger partial charge in [-0.2, -0.15) is 9.98 Å². The number of nitriles is 1. The Hall–Kier alpha value is -0.800. The molecule has 0 spiro atoms. The number of nitrogens with one attached hydrogen (secondary N) is 1. The van der Waals surface area contributed by atoms with Crippen LogP contribution >= 0.6 is 23.2 Å². The van der Waals surface area contributed by atoms with Gasteiger partial charge in [-0.05, 0) is 37.8 Å². The van der Waals surface area contributed by atoms with Crippen LogP contribution < -0.4 is 4.72 Å². The Morgan fingerprint density at radius 1 is 1.42 bits per heavy atom. The van der Waals surface area contributed by atoms with Crippen LogP contribution in [-0.2, 0) is 10.0 Å². The molecule has 2 rings (SSSR count). The van der Waals surface area contributed by atoms with Gasteiger partial charge in [0.1, 0.15) is 10.4 Å². The molecule has 1 atom stereocenters. The molecule has 0 saturated heterocycles. The molecule has 102 valence electrons. The van der Waals surface area contributed by atoms with Crippen molar-refractivity contribution in [2.75, 3.05) is 0 Å². The van der Waals surface area contributed by atoms with E-state index in [0.717, 1.165) is 12.8 Å². The van der Waals surface area contributed by atoms with Crippen LogP contribution in [0.25, 0.3) is 0 Å². The van der Waals surface area contributed by atoms with Crippen molar-refractivity contribution in [2.45, 2.75) is 30.2 Å². The third-order valence-corrected chi connectivity index (χ3v) is 5.72. The highest BCUT2D eigenvalue weighted by molar-refractivity contribution is 7.89. The van der Waals surface area contributed by atoms with Gasteiger partial charge in [0.25, 0.3) is 0 Å². The quantitative estimate of drug-likeness (QED) is 0.927. The first-order valence-electron chi connectivity index (χ1n) is 5.69. The molecular weight excluding hydrogens is 307 g/mol. The first-order chi connectivity index (χ1) is 8.80. The van der Waals surface area contributed by atoms with Crippen LogP contribution in [0.2, 0.25) is 10.0 Å². The molecule has 1 fully saturated rings. The van der Waals surface area contributed by atoms with Crippen LogP contribution in [0, 0.1) is 17.2 Å². The van der Waals surface area contributed by atoms with Gasteiger partial charge >= 0.3 is 0 Å². The highest BCUT2D eigenvalue weighted by atomic mass is 35.5. The predicted octanol–water partition coefficient (Wildman–Crippen LogP) is 2.96. The SMILES string of the molecule is C[C@](C#N)(NS(=O)(=O)c1cccc(Cl)c1Cl)C1CC1. The van der Waals surface area contributed by atoms with E-state index in [1.807, 2.05) is 6.07 Å².